The number of nitrogens with zero attached hydrogens (tertiary/aromatic N) is 1. The fourth-order valence-corrected chi connectivity index (χ4v) is 3.57. The lowest BCUT2D eigenvalue weighted by Gasteiger charge is -2.14. The fraction of sp³-hybridized carbons (Fsp3) is 0.0833. The number of carbonyl (C=O) groups is 2. The second kappa shape index (κ2) is 11.0. The predicted molar refractivity (Wildman–Crippen MR) is 134 cm³/mol. The number of ether oxygens (including phenoxy) is 1. The molecule has 3 aromatic rings. The number of nitrogens with one attached hydrogen (secondary N) is 2. The van der Waals surface area contributed by atoms with E-state index in [1.54, 1.807) is 49.4 Å². The van der Waals surface area contributed by atoms with Crippen molar-refractivity contribution in [1.82, 2.24) is 5.32 Å². The molecule has 0 saturated heterocycles. The smallest absolute Gasteiger partial charge is 0.272 e. The van der Waals surface area contributed by atoms with Crippen LogP contribution in [0.1, 0.15) is 21.5 Å². The van der Waals surface area contributed by atoms with Crippen molar-refractivity contribution in [3.8, 4) is 5.75 Å². The number of nitro groups is 1. The maximum atomic E-state index is 13.2. The SMILES string of the molecule is COc1ccc(Br)cc1C(=O)N/C(=C\c1cccc([N+](=O)[O-])c1)C(=O)Nc1cccc(Cl)c1C. The van der Waals surface area contributed by atoms with Gasteiger partial charge in [-0.2, -0.15) is 0 Å². The minimum atomic E-state index is -0.640. The maximum Gasteiger partial charge on any atom is 0.272 e. The Labute approximate surface area is 208 Å². The van der Waals surface area contributed by atoms with Gasteiger partial charge >= 0.3 is 0 Å². The maximum absolute atomic E-state index is 13.2. The molecule has 0 heterocycles. The van der Waals surface area contributed by atoms with Crippen LogP contribution in [-0.2, 0) is 4.79 Å². The number of amides is 2. The van der Waals surface area contributed by atoms with Crippen molar-refractivity contribution in [2.24, 2.45) is 0 Å². The molecule has 0 bridgehead atoms. The molecule has 0 radical (unpaired) electrons. The van der Waals surface area contributed by atoms with E-state index in [-0.39, 0.29) is 16.9 Å². The molecule has 0 spiro atoms. The molecule has 2 N–H and O–H groups in total. The van der Waals surface area contributed by atoms with Crippen LogP contribution in [0.25, 0.3) is 6.08 Å². The summed E-state index contributed by atoms with van der Waals surface area (Å²) in [7, 11) is 1.43. The van der Waals surface area contributed by atoms with Crippen LogP contribution in [0.15, 0.2) is 70.8 Å². The minimum Gasteiger partial charge on any atom is -0.496 e. The number of carbonyl (C=O) groups excluding carboxylic acids is 2. The van der Waals surface area contributed by atoms with E-state index < -0.39 is 16.7 Å². The third-order valence-corrected chi connectivity index (χ3v) is 5.71. The number of hydrogen-bond acceptors (Lipinski definition) is 5. The number of halogens is 2. The molecule has 8 nitrogen and oxygen atoms in total. The Kier molecular flexibility index (Phi) is 8.04. The van der Waals surface area contributed by atoms with Crippen LogP contribution in [0.2, 0.25) is 5.02 Å². The van der Waals surface area contributed by atoms with Gasteiger partial charge in [0.25, 0.3) is 17.5 Å². The third-order valence-electron chi connectivity index (χ3n) is 4.81. The lowest BCUT2D eigenvalue weighted by molar-refractivity contribution is -0.384. The van der Waals surface area contributed by atoms with Crippen molar-refractivity contribution < 1.29 is 19.2 Å². The van der Waals surface area contributed by atoms with Crippen molar-refractivity contribution in [3.63, 3.8) is 0 Å². The van der Waals surface area contributed by atoms with Crippen molar-refractivity contribution in [2.75, 3.05) is 12.4 Å². The average Bonchev–Trinajstić information content (AvgIpc) is 2.81. The first-order valence-corrected chi connectivity index (χ1v) is 11.0. The average molecular weight is 545 g/mol. The van der Waals surface area contributed by atoms with E-state index in [4.69, 9.17) is 16.3 Å². The first-order valence-electron chi connectivity index (χ1n) is 9.87. The molecule has 3 rings (SSSR count). The van der Waals surface area contributed by atoms with Crippen molar-refractivity contribution in [3.05, 3.63) is 103 Å². The van der Waals surface area contributed by atoms with Gasteiger partial charge in [0.2, 0.25) is 0 Å². The van der Waals surface area contributed by atoms with Crippen LogP contribution in [0.4, 0.5) is 11.4 Å². The number of benzene rings is 3. The number of rotatable bonds is 7. The van der Waals surface area contributed by atoms with Crippen LogP contribution in [0, 0.1) is 17.0 Å². The Morgan fingerprint density at radius 3 is 2.56 bits per heavy atom. The summed E-state index contributed by atoms with van der Waals surface area (Å²) in [6.45, 7) is 1.74. The highest BCUT2D eigenvalue weighted by Crippen LogP contribution is 2.25. The number of methoxy groups -OCH3 is 1. The van der Waals surface area contributed by atoms with Crippen molar-refractivity contribution >= 4 is 56.8 Å². The molecular formula is C24H19BrClN3O5. The normalized spacial score (nSPS) is 11.0. The summed E-state index contributed by atoms with van der Waals surface area (Å²) in [6, 6.07) is 15.6. The quantitative estimate of drug-likeness (QED) is 0.224. The molecule has 0 aliphatic carbocycles. The van der Waals surface area contributed by atoms with Gasteiger partial charge in [-0.25, -0.2) is 0 Å². The lowest BCUT2D eigenvalue weighted by Crippen LogP contribution is -2.31. The zero-order valence-electron chi connectivity index (χ0n) is 18.1. The van der Waals surface area contributed by atoms with Gasteiger partial charge in [0.15, 0.2) is 0 Å². The van der Waals surface area contributed by atoms with Crippen LogP contribution in [0.5, 0.6) is 5.75 Å². The second-order valence-corrected chi connectivity index (χ2v) is 8.40. The lowest BCUT2D eigenvalue weighted by atomic mass is 10.1. The van der Waals surface area contributed by atoms with Crippen LogP contribution in [-0.4, -0.2) is 23.8 Å². The zero-order valence-corrected chi connectivity index (χ0v) is 20.4. The zero-order chi connectivity index (χ0) is 24.8. The Morgan fingerprint density at radius 2 is 1.85 bits per heavy atom. The molecule has 0 unspecified atom stereocenters. The Balaban J connectivity index is 2.01. The summed E-state index contributed by atoms with van der Waals surface area (Å²) < 4.78 is 5.90. The van der Waals surface area contributed by atoms with E-state index in [1.807, 2.05) is 0 Å². The number of non-ortho nitro benzene ring substituents is 1. The topological polar surface area (TPSA) is 111 Å². The molecule has 0 atom stereocenters. The number of hydrogen-bond donors (Lipinski definition) is 2. The fourth-order valence-electron chi connectivity index (χ4n) is 3.03. The van der Waals surface area contributed by atoms with Gasteiger partial charge in [-0.3, -0.25) is 19.7 Å². The summed E-state index contributed by atoms with van der Waals surface area (Å²) >= 11 is 9.47. The summed E-state index contributed by atoms with van der Waals surface area (Å²) in [6.07, 6.45) is 1.35. The van der Waals surface area contributed by atoms with E-state index >= 15 is 0 Å². The number of nitro benzene ring substituents is 1. The Hall–Kier alpha value is -3.69. The predicted octanol–water partition coefficient (Wildman–Crippen LogP) is 5.74. The van der Waals surface area contributed by atoms with Gasteiger partial charge in [-0.1, -0.05) is 45.7 Å². The van der Waals surface area contributed by atoms with Crippen LogP contribution >= 0.6 is 27.5 Å². The first-order chi connectivity index (χ1) is 16.2. The molecule has 2 amide bonds. The molecule has 0 aromatic heterocycles. The first kappa shape index (κ1) is 24.9. The molecular weight excluding hydrogens is 526 g/mol. The van der Waals surface area contributed by atoms with Gasteiger partial charge in [0, 0.05) is 27.3 Å². The Bertz CT molecular complexity index is 1310. The largest absolute Gasteiger partial charge is 0.496 e. The number of anilines is 1. The highest BCUT2D eigenvalue weighted by atomic mass is 79.9. The van der Waals surface area contributed by atoms with Gasteiger partial charge in [0.1, 0.15) is 11.4 Å². The summed E-state index contributed by atoms with van der Waals surface area (Å²) in [5, 5.41) is 16.9. The highest BCUT2D eigenvalue weighted by molar-refractivity contribution is 9.10. The summed E-state index contributed by atoms with van der Waals surface area (Å²) in [4.78, 5) is 36.9. The van der Waals surface area contributed by atoms with Crippen LogP contribution in [0.3, 0.4) is 0 Å². The van der Waals surface area contributed by atoms with E-state index in [9.17, 15) is 19.7 Å². The van der Waals surface area contributed by atoms with Gasteiger partial charge in [-0.05, 0) is 54.5 Å². The van der Waals surface area contributed by atoms with Crippen molar-refractivity contribution in [2.45, 2.75) is 6.92 Å². The standard InChI is InChI=1S/C24H19BrClN3O5/c1-14-19(26)7-4-8-20(14)27-24(31)21(12-15-5-3-6-17(11-15)29(32)33)28-23(30)18-13-16(25)9-10-22(18)34-2/h3-13H,1-2H3,(H,27,31)(H,28,30)/b21-12-. The van der Waals surface area contributed by atoms with E-state index in [0.717, 1.165) is 0 Å². The van der Waals surface area contributed by atoms with Gasteiger partial charge in [0.05, 0.1) is 17.6 Å². The van der Waals surface area contributed by atoms with Crippen LogP contribution < -0.4 is 15.4 Å². The molecule has 34 heavy (non-hydrogen) atoms. The second-order valence-electron chi connectivity index (χ2n) is 7.08. The molecule has 0 aliphatic rings. The molecule has 0 fully saturated rings. The molecule has 0 aliphatic heterocycles. The van der Waals surface area contributed by atoms with Gasteiger partial charge in [-0.15, -0.1) is 0 Å². The monoisotopic (exact) mass is 543 g/mol. The molecule has 3 aromatic carbocycles. The minimum absolute atomic E-state index is 0.132. The van der Waals surface area contributed by atoms with Gasteiger partial charge < -0.3 is 15.4 Å². The highest BCUT2D eigenvalue weighted by Gasteiger charge is 2.19. The molecule has 0 saturated carbocycles. The summed E-state index contributed by atoms with van der Waals surface area (Å²) in [5.41, 5.74) is 1.35. The molecule has 174 valence electrons. The summed E-state index contributed by atoms with van der Waals surface area (Å²) in [5.74, 6) is -0.937. The third kappa shape index (κ3) is 6.00. The molecule has 10 heteroatoms. The van der Waals surface area contributed by atoms with E-state index in [0.29, 0.717) is 32.1 Å². The van der Waals surface area contributed by atoms with E-state index in [1.165, 1.54) is 31.4 Å². The van der Waals surface area contributed by atoms with Crippen molar-refractivity contribution in [1.29, 1.82) is 0 Å². The Morgan fingerprint density at radius 1 is 1.12 bits per heavy atom. The van der Waals surface area contributed by atoms with E-state index in [2.05, 4.69) is 26.6 Å².